The smallest absolute Gasteiger partial charge is 0.203 e. The van der Waals surface area contributed by atoms with Gasteiger partial charge in [-0.25, -0.2) is 4.98 Å². The normalized spacial score (nSPS) is 17.9. The molecule has 4 nitrogen and oxygen atoms in total. The van der Waals surface area contributed by atoms with Crippen LogP contribution in [-0.4, -0.2) is 22.7 Å². The first-order valence-electron chi connectivity index (χ1n) is 6.38. The standard InChI is InChI=1S/C14H17N3O/c1-2-15-14-16-8-9-17(14)12-7-10-18-13-6-4-3-5-11(12)13/h3-6,8-9,12H,2,7,10H2,1H3,(H,15,16). The van der Waals surface area contributed by atoms with Crippen LogP contribution in [0.5, 0.6) is 5.75 Å². The summed E-state index contributed by atoms with van der Waals surface area (Å²) in [5, 5.41) is 3.30. The summed E-state index contributed by atoms with van der Waals surface area (Å²) in [4.78, 5) is 4.37. The van der Waals surface area contributed by atoms with Gasteiger partial charge in [0.15, 0.2) is 0 Å². The number of benzene rings is 1. The van der Waals surface area contributed by atoms with E-state index in [1.54, 1.807) is 0 Å². The molecule has 1 unspecified atom stereocenters. The van der Waals surface area contributed by atoms with Crippen LogP contribution in [0.1, 0.15) is 24.9 Å². The van der Waals surface area contributed by atoms with Crippen molar-refractivity contribution in [3.05, 3.63) is 42.2 Å². The molecule has 94 valence electrons. The molecule has 1 atom stereocenters. The number of rotatable bonds is 3. The highest BCUT2D eigenvalue weighted by atomic mass is 16.5. The van der Waals surface area contributed by atoms with Gasteiger partial charge in [-0.05, 0) is 13.0 Å². The largest absolute Gasteiger partial charge is 0.493 e. The third kappa shape index (κ3) is 1.83. The minimum atomic E-state index is 0.312. The highest BCUT2D eigenvalue weighted by Crippen LogP contribution is 2.35. The van der Waals surface area contributed by atoms with Crippen molar-refractivity contribution in [2.45, 2.75) is 19.4 Å². The summed E-state index contributed by atoms with van der Waals surface area (Å²) in [5.41, 5.74) is 1.24. The van der Waals surface area contributed by atoms with Crippen molar-refractivity contribution in [3.8, 4) is 5.75 Å². The van der Waals surface area contributed by atoms with E-state index in [2.05, 4.69) is 33.9 Å². The average molecular weight is 243 g/mol. The SMILES string of the molecule is CCNc1nccn1C1CCOc2ccccc21. The van der Waals surface area contributed by atoms with E-state index in [0.29, 0.717) is 6.04 Å². The molecule has 1 aliphatic rings. The topological polar surface area (TPSA) is 39.1 Å². The maximum atomic E-state index is 5.70. The molecule has 0 radical (unpaired) electrons. The van der Waals surface area contributed by atoms with E-state index in [-0.39, 0.29) is 0 Å². The first kappa shape index (κ1) is 11.1. The van der Waals surface area contributed by atoms with Crippen molar-refractivity contribution in [1.82, 2.24) is 9.55 Å². The Morgan fingerprint density at radius 1 is 1.44 bits per heavy atom. The van der Waals surface area contributed by atoms with Gasteiger partial charge in [0.05, 0.1) is 12.6 Å². The van der Waals surface area contributed by atoms with Gasteiger partial charge in [-0.15, -0.1) is 0 Å². The molecule has 0 bridgehead atoms. The second-order valence-electron chi connectivity index (χ2n) is 4.38. The van der Waals surface area contributed by atoms with Gasteiger partial charge >= 0.3 is 0 Å². The Kier molecular flexibility index (Phi) is 2.92. The van der Waals surface area contributed by atoms with Crippen LogP contribution >= 0.6 is 0 Å². The Morgan fingerprint density at radius 2 is 2.33 bits per heavy atom. The van der Waals surface area contributed by atoms with Crippen LogP contribution in [0.2, 0.25) is 0 Å². The fourth-order valence-electron chi connectivity index (χ4n) is 2.47. The Hall–Kier alpha value is -1.97. The molecule has 0 saturated heterocycles. The second kappa shape index (κ2) is 4.72. The molecule has 18 heavy (non-hydrogen) atoms. The lowest BCUT2D eigenvalue weighted by molar-refractivity contribution is 0.257. The molecule has 1 aromatic heterocycles. The second-order valence-corrected chi connectivity index (χ2v) is 4.38. The van der Waals surface area contributed by atoms with Gasteiger partial charge in [0.25, 0.3) is 0 Å². The Bertz CT molecular complexity index is 535. The molecule has 2 heterocycles. The lowest BCUT2D eigenvalue weighted by Gasteiger charge is -2.28. The van der Waals surface area contributed by atoms with Gasteiger partial charge in [-0.3, -0.25) is 0 Å². The van der Waals surface area contributed by atoms with Crippen LogP contribution in [0.3, 0.4) is 0 Å². The van der Waals surface area contributed by atoms with E-state index in [4.69, 9.17) is 4.74 Å². The van der Waals surface area contributed by atoms with Gasteiger partial charge in [0, 0.05) is 30.9 Å². The quantitative estimate of drug-likeness (QED) is 0.900. The van der Waals surface area contributed by atoms with Gasteiger partial charge in [0.2, 0.25) is 5.95 Å². The molecule has 1 aromatic carbocycles. The molecule has 2 aromatic rings. The van der Waals surface area contributed by atoms with Crippen LogP contribution < -0.4 is 10.1 Å². The third-order valence-electron chi connectivity index (χ3n) is 3.27. The highest BCUT2D eigenvalue weighted by molar-refractivity contribution is 5.40. The van der Waals surface area contributed by atoms with Crippen molar-refractivity contribution in [3.63, 3.8) is 0 Å². The number of hydrogen-bond donors (Lipinski definition) is 1. The predicted octanol–water partition coefficient (Wildman–Crippen LogP) is 2.69. The Labute approximate surface area is 107 Å². The van der Waals surface area contributed by atoms with E-state index in [9.17, 15) is 0 Å². The van der Waals surface area contributed by atoms with Gasteiger partial charge in [-0.1, -0.05) is 18.2 Å². The summed E-state index contributed by atoms with van der Waals surface area (Å²) >= 11 is 0. The van der Waals surface area contributed by atoms with Crippen LogP contribution in [-0.2, 0) is 0 Å². The molecular weight excluding hydrogens is 226 g/mol. The maximum Gasteiger partial charge on any atom is 0.203 e. The number of nitrogens with zero attached hydrogens (tertiary/aromatic N) is 2. The summed E-state index contributed by atoms with van der Waals surface area (Å²) in [6, 6.07) is 8.55. The van der Waals surface area contributed by atoms with Gasteiger partial charge in [0.1, 0.15) is 5.75 Å². The van der Waals surface area contributed by atoms with Crippen LogP contribution in [0.4, 0.5) is 5.95 Å². The average Bonchev–Trinajstić information content (AvgIpc) is 2.87. The molecule has 0 spiro atoms. The van der Waals surface area contributed by atoms with Crippen molar-refractivity contribution in [2.24, 2.45) is 0 Å². The van der Waals surface area contributed by atoms with Gasteiger partial charge in [-0.2, -0.15) is 0 Å². The first-order chi connectivity index (χ1) is 8.90. The first-order valence-corrected chi connectivity index (χ1v) is 6.38. The zero-order chi connectivity index (χ0) is 12.4. The van der Waals surface area contributed by atoms with E-state index in [1.165, 1.54) is 5.56 Å². The molecule has 0 fully saturated rings. The number of anilines is 1. The number of ether oxygens (including phenoxy) is 1. The van der Waals surface area contributed by atoms with E-state index in [0.717, 1.165) is 31.3 Å². The molecule has 0 aliphatic carbocycles. The van der Waals surface area contributed by atoms with Crippen LogP contribution in [0, 0.1) is 0 Å². The molecule has 0 saturated carbocycles. The van der Waals surface area contributed by atoms with E-state index in [1.807, 2.05) is 24.5 Å². The van der Waals surface area contributed by atoms with Crippen molar-refractivity contribution in [2.75, 3.05) is 18.5 Å². The number of fused-ring (bicyclic) bond motifs is 1. The zero-order valence-electron chi connectivity index (χ0n) is 10.5. The summed E-state index contributed by atoms with van der Waals surface area (Å²) in [5.74, 6) is 1.92. The monoisotopic (exact) mass is 243 g/mol. The van der Waals surface area contributed by atoms with Crippen molar-refractivity contribution in [1.29, 1.82) is 0 Å². The van der Waals surface area contributed by atoms with Gasteiger partial charge < -0.3 is 14.6 Å². The Balaban J connectivity index is 2.00. The molecule has 1 N–H and O–H groups in total. The molecule has 1 aliphatic heterocycles. The third-order valence-corrected chi connectivity index (χ3v) is 3.27. The molecule has 3 rings (SSSR count). The summed E-state index contributed by atoms with van der Waals surface area (Å²) < 4.78 is 7.90. The fourth-order valence-corrected chi connectivity index (χ4v) is 2.47. The zero-order valence-corrected chi connectivity index (χ0v) is 10.5. The molecule has 0 amide bonds. The minimum Gasteiger partial charge on any atom is -0.493 e. The maximum absolute atomic E-state index is 5.70. The van der Waals surface area contributed by atoms with Crippen LogP contribution in [0.25, 0.3) is 0 Å². The summed E-state index contributed by atoms with van der Waals surface area (Å²) in [7, 11) is 0. The van der Waals surface area contributed by atoms with E-state index < -0.39 is 0 Å². The lowest BCUT2D eigenvalue weighted by Crippen LogP contribution is -2.21. The summed E-state index contributed by atoms with van der Waals surface area (Å²) in [6.07, 6.45) is 4.85. The van der Waals surface area contributed by atoms with E-state index >= 15 is 0 Å². The number of imidazole rings is 1. The van der Waals surface area contributed by atoms with Crippen molar-refractivity contribution >= 4 is 5.95 Å². The highest BCUT2D eigenvalue weighted by Gasteiger charge is 2.23. The number of para-hydroxylation sites is 1. The van der Waals surface area contributed by atoms with Crippen molar-refractivity contribution < 1.29 is 4.74 Å². The lowest BCUT2D eigenvalue weighted by atomic mass is 10.0. The minimum absolute atomic E-state index is 0.312. The van der Waals surface area contributed by atoms with Crippen LogP contribution in [0.15, 0.2) is 36.7 Å². The number of nitrogens with one attached hydrogen (secondary N) is 1. The summed E-state index contributed by atoms with van der Waals surface area (Å²) in [6.45, 7) is 3.71. The predicted molar refractivity (Wildman–Crippen MR) is 71.1 cm³/mol. The Morgan fingerprint density at radius 3 is 3.22 bits per heavy atom. The molecular formula is C14H17N3O. The molecule has 4 heteroatoms. The fraction of sp³-hybridized carbons (Fsp3) is 0.357. The number of aromatic nitrogens is 2. The number of hydrogen-bond acceptors (Lipinski definition) is 3.